The molecule has 2 nitrogen and oxygen atoms in total. The third-order valence-corrected chi connectivity index (χ3v) is 3.97. The van der Waals surface area contributed by atoms with Gasteiger partial charge in [0.25, 0.3) is 0 Å². The van der Waals surface area contributed by atoms with Gasteiger partial charge in [0.05, 0.1) is 6.10 Å². The number of aliphatic hydroxyl groups is 1. The summed E-state index contributed by atoms with van der Waals surface area (Å²) in [5, 5.41) is 16.1. The summed E-state index contributed by atoms with van der Waals surface area (Å²) in [5.74, 6) is 0. The molecule has 0 aromatic heterocycles. The maximum atomic E-state index is 10.1. The number of benzene rings is 3. The third kappa shape index (κ3) is 3.53. The predicted molar refractivity (Wildman–Crippen MR) is 91.9 cm³/mol. The first kappa shape index (κ1) is 14.8. The molecular weight excluding hydrogens is 270 g/mol. The van der Waals surface area contributed by atoms with E-state index in [-0.39, 0.29) is 0 Å². The summed E-state index contributed by atoms with van der Waals surface area (Å²) >= 11 is 0. The highest BCUT2D eigenvalue weighted by atomic mass is 16.3. The van der Waals surface area contributed by atoms with Crippen molar-refractivity contribution in [2.45, 2.75) is 12.5 Å². The lowest BCUT2D eigenvalue weighted by Gasteiger charge is -2.12. The Balaban J connectivity index is 1.55. The van der Waals surface area contributed by atoms with Crippen LogP contribution in [0.25, 0.3) is 10.8 Å². The lowest BCUT2D eigenvalue weighted by Crippen LogP contribution is -2.23. The highest BCUT2D eigenvalue weighted by Gasteiger charge is 2.06. The second-order valence-corrected chi connectivity index (χ2v) is 5.52. The minimum absolute atomic E-state index is 0.450. The van der Waals surface area contributed by atoms with Gasteiger partial charge in [0.15, 0.2) is 0 Å². The molecule has 0 aliphatic carbocycles. The molecule has 2 heteroatoms. The van der Waals surface area contributed by atoms with Crippen molar-refractivity contribution in [3.8, 4) is 0 Å². The summed E-state index contributed by atoms with van der Waals surface area (Å²) in [7, 11) is 0. The van der Waals surface area contributed by atoms with Crippen LogP contribution in [0, 0.1) is 0 Å². The average Bonchev–Trinajstić information content (AvgIpc) is 2.59. The third-order valence-electron chi connectivity index (χ3n) is 3.97. The minimum Gasteiger partial charge on any atom is -0.387 e. The molecule has 3 aromatic rings. The first-order valence-electron chi connectivity index (χ1n) is 7.75. The van der Waals surface area contributed by atoms with Crippen LogP contribution in [-0.4, -0.2) is 18.2 Å². The number of nitrogens with one attached hydrogen (secondary N) is 1. The van der Waals surface area contributed by atoms with E-state index in [0.29, 0.717) is 6.54 Å². The molecule has 0 aliphatic heterocycles. The molecule has 0 saturated heterocycles. The largest absolute Gasteiger partial charge is 0.387 e. The van der Waals surface area contributed by atoms with Gasteiger partial charge >= 0.3 is 0 Å². The lowest BCUT2D eigenvalue weighted by molar-refractivity contribution is 0.175. The van der Waals surface area contributed by atoms with E-state index in [2.05, 4.69) is 47.8 Å². The second kappa shape index (κ2) is 7.21. The molecule has 0 bridgehead atoms. The molecule has 1 atom stereocenters. The van der Waals surface area contributed by atoms with Gasteiger partial charge in [-0.15, -0.1) is 0 Å². The molecule has 0 saturated carbocycles. The lowest BCUT2D eigenvalue weighted by atomic mass is 10.0. The van der Waals surface area contributed by atoms with E-state index >= 15 is 0 Å². The number of fused-ring (bicyclic) bond motifs is 1. The maximum Gasteiger partial charge on any atom is 0.0914 e. The van der Waals surface area contributed by atoms with Crippen LogP contribution in [0.4, 0.5) is 0 Å². The van der Waals surface area contributed by atoms with Gasteiger partial charge in [-0.1, -0.05) is 72.8 Å². The van der Waals surface area contributed by atoms with Gasteiger partial charge in [-0.05, 0) is 34.9 Å². The van der Waals surface area contributed by atoms with E-state index in [1.807, 2.05) is 30.3 Å². The van der Waals surface area contributed by atoms with Gasteiger partial charge in [-0.25, -0.2) is 0 Å². The Kier molecular flexibility index (Phi) is 4.84. The zero-order valence-corrected chi connectivity index (χ0v) is 12.6. The molecule has 0 amide bonds. The summed E-state index contributed by atoms with van der Waals surface area (Å²) in [4.78, 5) is 0. The zero-order valence-electron chi connectivity index (χ0n) is 12.6. The monoisotopic (exact) mass is 291 g/mol. The quantitative estimate of drug-likeness (QED) is 0.679. The highest BCUT2D eigenvalue weighted by molar-refractivity contribution is 5.85. The van der Waals surface area contributed by atoms with Crippen LogP contribution in [0.3, 0.4) is 0 Å². The minimum atomic E-state index is -0.450. The molecule has 3 rings (SSSR count). The van der Waals surface area contributed by atoms with Crippen molar-refractivity contribution in [2.75, 3.05) is 13.1 Å². The molecule has 1 unspecified atom stereocenters. The van der Waals surface area contributed by atoms with Crippen LogP contribution in [0.2, 0.25) is 0 Å². The van der Waals surface area contributed by atoms with Crippen LogP contribution < -0.4 is 5.32 Å². The van der Waals surface area contributed by atoms with Crippen LogP contribution in [0.1, 0.15) is 17.2 Å². The van der Waals surface area contributed by atoms with Crippen LogP contribution in [0.5, 0.6) is 0 Å². The maximum absolute atomic E-state index is 10.1. The van der Waals surface area contributed by atoms with E-state index in [1.165, 1.54) is 16.3 Å². The van der Waals surface area contributed by atoms with Gasteiger partial charge in [0, 0.05) is 6.54 Å². The summed E-state index contributed by atoms with van der Waals surface area (Å²) in [6, 6.07) is 24.7. The average molecular weight is 291 g/mol. The van der Waals surface area contributed by atoms with Crippen LogP contribution in [0.15, 0.2) is 72.8 Å². The molecule has 0 aliphatic rings. The molecule has 22 heavy (non-hydrogen) atoms. The van der Waals surface area contributed by atoms with Gasteiger partial charge in [-0.3, -0.25) is 0 Å². The van der Waals surface area contributed by atoms with Crippen molar-refractivity contribution in [1.29, 1.82) is 0 Å². The first-order valence-corrected chi connectivity index (χ1v) is 7.75. The topological polar surface area (TPSA) is 32.3 Å². The normalized spacial score (nSPS) is 12.4. The Bertz CT molecular complexity index is 719. The fourth-order valence-corrected chi connectivity index (χ4v) is 2.77. The van der Waals surface area contributed by atoms with Crippen molar-refractivity contribution in [3.05, 3.63) is 83.9 Å². The van der Waals surface area contributed by atoms with Crippen molar-refractivity contribution in [2.24, 2.45) is 0 Å². The molecule has 2 N–H and O–H groups in total. The van der Waals surface area contributed by atoms with Crippen molar-refractivity contribution in [3.63, 3.8) is 0 Å². The number of hydrogen-bond acceptors (Lipinski definition) is 2. The van der Waals surface area contributed by atoms with E-state index in [4.69, 9.17) is 0 Å². The Labute approximate surface area is 131 Å². The Morgan fingerprint density at radius 2 is 1.55 bits per heavy atom. The predicted octanol–water partition coefficient (Wildman–Crippen LogP) is 3.71. The van der Waals surface area contributed by atoms with E-state index in [0.717, 1.165) is 18.5 Å². The van der Waals surface area contributed by atoms with Gasteiger partial charge in [-0.2, -0.15) is 0 Å². The molecule has 3 aromatic carbocycles. The molecule has 0 spiro atoms. The fraction of sp³-hybridized carbons (Fsp3) is 0.200. The Morgan fingerprint density at radius 1 is 0.818 bits per heavy atom. The summed E-state index contributed by atoms with van der Waals surface area (Å²) < 4.78 is 0. The van der Waals surface area contributed by atoms with Crippen molar-refractivity contribution < 1.29 is 5.11 Å². The van der Waals surface area contributed by atoms with E-state index in [9.17, 15) is 5.11 Å². The summed E-state index contributed by atoms with van der Waals surface area (Å²) in [6.07, 6.45) is 0.511. The first-order chi connectivity index (χ1) is 10.8. The fourth-order valence-electron chi connectivity index (χ4n) is 2.77. The molecule has 0 radical (unpaired) electrons. The Hall–Kier alpha value is -2.16. The standard InChI is InChI=1S/C20H21NO/c22-20(18-8-2-1-3-9-18)15-21-14-13-17-11-6-10-16-7-4-5-12-19(16)17/h1-12,20-22H,13-15H2. The van der Waals surface area contributed by atoms with Gasteiger partial charge < -0.3 is 10.4 Å². The molecule has 0 fully saturated rings. The zero-order chi connectivity index (χ0) is 15.2. The summed E-state index contributed by atoms with van der Waals surface area (Å²) in [6.45, 7) is 1.44. The second-order valence-electron chi connectivity index (χ2n) is 5.52. The summed E-state index contributed by atoms with van der Waals surface area (Å²) in [5.41, 5.74) is 2.31. The van der Waals surface area contributed by atoms with Crippen molar-refractivity contribution >= 4 is 10.8 Å². The smallest absolute Gasteiger partial charge is 0.0914 e. The van der Waals surface area contributed by atoms with Crippen LogP contribution in [-0.2, 0) is 6.42 Å². The van der Waals surface area contributed by atoms with Crippen molar-refractivity contribution in [1.82, 2.24) is 5.32 Å². The van der Waals surface area contributed by atoms with Gasteiger partial charge in [0.2, 0.25) is 0 Å². The number of hydrogen-bond donors (Lipinski definition) is 2. The molecule has 112 valence electrons. The molecular formula is C20H21NO. The number of rotatable bonds is 6. The number of aliphatic hydroxyl groups excluding tert-OH is 1. The van der Waals surface area contributed by atoms with E-state index in [1.54, 1.807) is 0 Å². The molecule has 0 heterocycles. The Morgan fingerprint density at radius 3 is 2.41 bits per heavy atom. The SMILES string of the molecule is OC(CNCCc1cccc2ccccc12)c1ccccc1. The van der Waals surface area contributed by atoms with Crippen LogP contribution >= 0.6 is 0 Å². The van der Waals surface area contributed by atoms with E-state index < -0.39 is 6.10 Å². The van der Waals surface area contributed by atoms with Gasteiger partial charge in [0.1, 0.15) is 0 Å². The highest BCUT2D eigenvalue weighted by Crippen LogP contribution is 2.18.